The van der Waals surface area contributed by atoms with Gasteiger partial charge in [0.1, 0.15) is 0 Å². The van der Waals surface area contributed by atoms with Crippen molar-refractivity contribution in [2.75, 3.05) is 22.5 Å². The van der Waals surface area contributed by atoms with Gasteiger partial charge >= 0.3 is 12.0 Å². The van der Waals surface area contributed by atoms with E-state index in [1.807, 2.05) is 46.8 Å². The van der Waals surface area contributed by atoms with Crippen molar-refractivity contribution in [1.82, 2.24) is 4.57 Å². The molecule has 1 aliphatic heterocycles. The molecule has 0 spiro atoms. The maximum absolute atomic E-state index is 13.8. The van der Waals surface area contributed by atoms with Crippen molar-refractivity contribution in [2.24, 2.45) is 0 Å². The molecule has 0 aliphatic carbocycles. The van der Waals surface area contributed by atoms with E-state index in [1.54, 1.807) is 41.3 Å². The van der Waals surface area contributed by atoms with E-state index in [-0.39, 0.29) is 6.03 Å². The summed E-state index contributed by atoms with van der Waals surface area (Å²) >= 11 is 6.22. The van der Waals surface area contributed by atoms with Gasteiger partial charge in [-0.2, -0.15) is 0 Å². The molecule has 2 heterocycles. The van der Waals surface area contributed by atoms with Crippen molar-refractivity contribution in [3.63, 3.8) is 0 Å². The van der Waals surface area contributed by atoms with E-state index in [4.69, 9.17) is 22.1 Å². The zero-order chi connectivity index (χ0) is 28.9. The Bertz CT molecular complexity index is 1640. The second-order valence-electron chi connectivity index (χ2n) is 11.1. The molecule has 0 fully saturated rings. The minimum atomic E-state index is -1.29. The molecule has 2 amide bonds. The second kappa shape index (κ2) is 10.2. The van der Waals surface area contributed by atoms with Crippen molar-refractivity contribution < 1.29 is 19.4 Å². The number of benzene rings is 3. The zero-order valence-electron chi connectivity index (χ0n) is 23.2. The average molecular weight is 561 g/mol. The van der Waals surface area contributed by atoms with Crippen LogP contribution < -0.4 is 16.0 Å². The molecule has 4 aromatic rings. The van der Waals surface area contributed by atoms with Gasteiger partial charge < -0.3 is 25.5 Å². The second-order valence-corrected chi connectivity index (χ2v) is 11.5. The number of urea groups is 1. The number of hydrogen-bond acceptors (Lipinski definition) is 4. The van der Waals surface area contributed by atoms with Crippen molar-refractivity contribution in [3.05, 3.63) is 76.4 Å². The molecule has 8 nitrogen and oxygen atoms in total. The van der Waals surface area contributed by atoms with Crippen molar-refractivity contribution in [1.29, 1.82) is 0 Å². The van der Waals surface area contributed by atoms with Crippen LogP contribution in [0.2, 0.25) is 5.02 Å². The number of carboxylic acids is 1. The summed E-state index contributed by atoms with van der Waals surface area (Å²) in [5.41, 5.74) is 11.6. The molecule has 9 heteroatoms. The molecule has 0 unspecified atom stereocenters. The number of carbonyl (C=O) groups is 2. The van der Waals surface area contributed by atoms with Gasteiger partial charge in [0.05, 0.1) is 28.2 Å². The van der Waals surface area contributed by atoms with Gasteiger partial charge in [-0.05, 0) is 81.6 Å². The number of nitrogen functional groups attached to an aromatic ring is 1. The summed E-state index contributed by atoms with van der Waals surface area (Å²) in [6, 6.07) is 16.1. The summed E-state index contributed by atoms with van der Waals surface area (Å²) < 4.78 is 8.38. The van der Waals surface area contributed by atoms with Gasteiger partial charge in [0, 0.05) is 34.8 Å². The van der Waals surface area contributed by atoms with Crippen LogP contribution in [0.3, 0.4) is 0 Å². The Kier molecular flexibility index (Phi) is 7.02. The summed E-state index contributed by atoms with van der Waals surface area (Å²) in [7, 11) is 0. The molecule has 0 radical (unpaired) electrons. The number of amides is 2. The van der Waals surface area contributed by atoms with Crippen molar-refractivity contribution in [2.45, 2.75) is 52.9 Å². The molecule has 3 aromatic carbocycles. The van der Waals surface area contributed by atoms with Gasteiger partial charge in [0.2, 0.25) is 0 Å². The lowest BCUT2D eigenvalue weighted by atomic mass is 9.87. The predicted octanol–water partition coefficient (Wildman–Crippen LogP) is 7.15. The van der Waals surface area contributed by atoms with Crippen LogP contribution >= 0.6 is 11.6 Å². The lowest BCUT2D eigenvalue weighted by Crippen LogP contribution is -2.41. The number of aliphatic carboxylic acids is 1. The number of carboxylic acid groups (broad SMARTS) is 1. The van der Waals surface area contributed by atoms with E-state index >= 15 is 0 Å². The van der Waals surface area contributed by atoms with E-state index in [0.29, 0.717) is 46.3 Å². The maximum atomic E-state index is 13.8. The number of hydrogen-bond donors (Lipinski definition) is 3. The van der Waals surface area contributed by atoms with E-state index in [0.717, 1.165) is 27.7 Å². The number of ether oxygens (including phenoxy) is 1. The molecule has 40 heavy (non-hydrogen) atoms. The highest BCUT2D eigenvalue weighted by Crippen LogP contribution is 2.48. The lowest BCUT2D eigenvalue weighted by Gasteiger charge is -2.35. The van der Waals surface area contributed by atoms with Gasteiger partial charge in [-0.15, -0.1) is 0 Å². The Morgan fingerprint density at radius 2 is 1.75 bits per heavy atom. The topological polar surface area (TPSA) is 110 Å². The van der Waals surface area contributed by atoms with E-state index in [9.17, 15) is 14.7 Å². The Balaban J connectivity index is 1.81. The molecule has 5 rings (SSSR count). The van der Waals surface area contributed by atoms with Gasteiger partial charge in [-0.3, -0.25) is 4.90 Å². The third kappa shape index (κ3) is 4.89. The fourth-order valence-electron chi connectivity index (χ4n) is 5.53. The normalized spacial score (nSPS) is 13.9. The molecule has 1 aliphatic rings. The smallest absolute Gasteiger partial charge is 0.337 e. The first kappa shape index (κ1) is 27.6. The first-order valence-corrected chi connectivity index (χ1v) is 13.5. The summed E-state index contributed by atoms with van der Waals surface area (Å²) in [5, 5.41) is 14.8. The van der Waals surface area contributed by atoms with E-state index < -0.39 is 17.7 Å². The molecule has 0 saturated carbocycles. The number of anilines is 3. The fraction of sp³-hybridized carbons (Fsp3) is 0.290. The summed E-state index contributed by atoms with van der Waals surface area (Å²) in [4.78, 5) is 28.3. The number of nitrogens with two attached hydrogens (primary N) is 1. The summed E-state index contributed by atoms with van der Waals surface area (Å²) in [6.45, 7) is 10.3. The van der Waals surface area contributed by atoms with Crippen LogP contribution in [0.25, 0.3) is 22.0 Å². The van der Waals surface area contributed by atoms with Crippen molar-refractivity contribution in [3.8, 4) is 11.1 Å². The fourth-order valence-corrected chi connectivity index (χ4v) is 5.66. The minimum Gasteiger partial charge on any atom is -0.479 e. The van der Waals surface area contributed by atoms with Gasteiger partial charge in [-0.25, -0.2) is 9.59 Å². The van der Waals surface area contributed by atoms with E-state index in [1.165, 1.54) is 0 Å². The highest BCUT2D eigenvalue weighted by atomic mass is 35.5. The highest BCUT2D eigenvalue weighted by Gasteiger charge is 2.37. The molecular formula is C31H33ClN4O4. The number of rotatable bonds is 5. The SMILES string of the molecule is Cc1c([C@H](OC(C)(C)C)C(=O)O)c(-c2ccc(Cl)cc2)c2cc(C)n3c2c1N(C(=O)Nc1ccccc1N)CC3. The largest absolute Gasteiger partial charge is 0.479 e. The third-order valence-corrected chi connectivity index (χ3v) is 7.43. The van der Waals surface area contributed by atoms with Crippen molar-refractivity contribution >= 4 is 51.6 Å². The lowest BCUT2D eigenvalue weighted by molar-refractivity contribution is -0.160. The maximum Gasteiger partial charge on any atom is 0.337 e. The molecule has 0 saturated heterocycles. The molecule has 0 bridgehead atoms. The Morgan fingerprint density at radius 3 is 2.38 bits per heavy atom. The number of halogens is 1. The number of para-hydroxylation sites is 2. The van der Waals surface area contributed by atoms with Crippen LogP contribution in [0, 0.1) is 13.8 Å². The van der Waals surface area contributed by atoms with Crippen LogP contribution in [0.4, 0.5) is 21.9 Å². The number of nitrogens with zero attached hydrogens (tertiary/aromatic N) is 2. The number of aryl methyl sites for hydroxylation is 1. The number of aromatic nitrogens is 1. The van der Waals surface area contributed by atoms with Crippen LogP contribution in [0.1, 0.15) is 43.7 Å². The molecule has 208 valence electrons. The predicted molar refractivity (Wildman–Crippen MR) is 160 cm³/mol. The molecule has 1 aromatic heterocycles. The Hall–Kier alpha value is -4.01. The van der Waals surface area contributed by atoms with Gasteiger partial charge in [-0.1, -0.05) is 35.9 Å². The van der Waals surface area contributed by atoms with Crippen LogP contribution in [0.5, 0.6) is 0 Å². The van der Waals surface area contributed by atoms with Gasteiger partial charge in [0.15, 0.2) is 6.10 Å². The Morgan fingerprint density at radius 1 is 1.07 bits per heavy atom. The highest BCUT2D eigenvalue weighted by molar-refractivity contribution is 6.30. The average Bonchev–Trinajstić information content (AvgIpc) is 3.22. The van der Waals surface area contributed by atoms with Crippen LogP contribution in [0.15, 0.2) is 54.6 Å². The molecular weight excluding hydrogens is 528 g/mol. The number of nitrogens with one attached hydrogen (secondary N) is 1. The number of carbonyl (C=O) groups excluding carboxylic acids is 1. The van der Waals surface area contributed by atoms with Crippen LogP contribution in [-0.4, -0.2) is 33.8 Å². The first-order valence-electron chi connectivity index (χ1n) is 13.1. The van der Waals surface area contributed by atoms with E-state index in [2.05, 4.69) is 16.0 Å². The van der Waals surface area contributed by atoms with Crippen LogP contribution in [-0.2, 0) is 16.1 Å². The quantitative estimate of drug-likeness (QED) is 0.224. The standard InChI is InChI=1S/C31H33ClN4O4/c1-17-16-21-25(19-10-12-20(32)13-11-19)24(28(29(37)38)40-31(3,4)5)18(2)26-27(21)35(17)14-15-36(26)30(39)34-23-9-7-6-8-22(23)33/h6-13,16,28H,14-15,33H2,1-5H3,(H,34,39)(H,37,38)/t28-/m0/s1. The molecule has 1 atom stereocenters. The monoisotopic (exact) mass is 560 g/mol. The summed E-state index contributed by atoms with van der Waals surface area (Å²) in [6.07, 6.45) is -1.29. The summed E-state index contributed by atoms with van der Waals surface area (Å²) in [5.74, 6) is -1.11. The molecule has 4 N–H and O–H groups in total. The Labute approximate surface area is 238 Å². The zero-order valence-corrected chi connectivity index (χ0v) is 24.0. The third-order valence-electron chi connectivity index (χ3n) is 7.18. The minimum absolute atomic E-state index is 0.346. The van der Waals surface area contributed by atoms with Gasteiger partial charge in [0.25, 0.3) is 0 Å². The first-order chi connectivity index (χ1) is 18.9.